The summed E-state index contributed by atoms with van der Waals surface area (Å²) in [5, 5.41) is 3.24. The van der Waals surface area contributed by atoms with Crippen molar-refractivity contribution in [2.75, 3.05) is 13.1 Å². The standard InChI is InChI=1S/C12H15FN2/c13-11-5-2-1-4-10(11)7-9-15-12-6-3-8-14-12/h1-2,4-5H,3,6-9H2,(H,14,15). The van der Waals surface area contributed by atoms with Gasteiger partial charge in [-0.05, 0) is 24.5 Å². The number of amidine groups is 1. The lowest BCUT2D eigenvalue weighted by Gasteiger charge is -2.06. The quantitative estimate of drug-likeness (QED) is 0.805. The van der Waals surface area contributed by atoms with Crippen LogP contribution in [-0.2, 0) is 6.42 Å². The molecule has 1 aliphatic heterocycles. The highest BCUT2D eigenvalue weighted by Crippen LogP contribution is 2.07. The summed E-state index contributed by atoms with van der Waals surface area (Å²) in [6, 6.07) is 6.91. The molecule has 0 atom stereocenters. The van der Waals surface area contributed by atoms with Crippen LogP contribution in [-0.4, -0.2) is 18.9 Å². The normalized spacial score (nSPS) is 15.1. The largest absolute Gasteiger partial charge is 0.374 e. The van der Waals surface area contributed by atoms with E-state index in [1.54, 1.807) is 6.07 Å². The van der Waals surface area contributed by atoms with E-state index < -0.39 is 0 Å². The van der Waals surface area contributed by atoms with Gasteiger partial charge in [-0.2, -0.15) is 0 Å². The summed E-state index contributed by atoms with van der Waals surface area (Å²) in [6.45, 7) is 1.70. The van der Waals surface area contributed by atoms with E-state index in [-0.39, 0.29) is 5.82 Å². The molecule has 1 aromatic rings. The number of halogens is 1. The van der Waals surface area contributed by atoms with Crippen molar-refractivity contribution in [1.82, 2.24) is 5.32 Å². The van der Waals surface area contributed by atoms with Crippen LogP contribution in [0.15, 0.2) is 29.3 Å². The molecular weight excluding hydrogens is 191 g/mol. The number of benzene rings is 1. The van der Waals surface area contributed by atoms with Gasteiger partial charge in [0.05, 0.1) is 5.84 Å². The highest BCUT2D eigenvalue weighted by Gasteiger charge is 2.05. The van der Waals surface area contributed by atoms with Gasteiger partial charge < -0.3 is 5.32 Å². The molecule has 80 valence electrons. The fourth-order valence-corrected chi connectivity index (χ4v) is 1.73. The second-order valence-corrected chi connectivity index (χ2v) is 3.70. The molecule has 1 heterocycles. The maximum atomic E-state index is 13.2. The van der Waals surface area contributed by atoms with Crippen LogP contribution in [0, 0.1) is 5.82 Å². The molecule has 2 nitrogen and oxygen atoms in total. The Bertz CT molecular complexity index is 360. The molecule has 0 aromatic heterocycles. The minimum atomic E-state index is -0.118. The summed E-state index contributed by atoms with van der Waals surface area (Å²) in [7, 11) is 0. The van der Waals surface area contributed by atoms with Gasteiger partial charge in [-0.3, -0.25) is 4.99 Å². The second kappa shape index (κ2) is 4.91. The Morgan fingerprint density at radius 2 is 2.20 bits per heavy atom. The van der Waals surface area contributed by atoms with Crippen molar-refractivity contribution in [1.29, 1.82) is 0 Å². The maximum absolute atomic E-state index is 13.2. The van der Waals surface area contributed by atoms with Crippen molar-refractivity contribution in [3.05, 3.63) is 35.6 Å². The zero-order valence-corrected chi connectivity index (χ0v) is 8.67. The monoisotopic (exact) mass is 206 g/mol. The Labute approximate surface area is 89.2 Å². The molecule has 0 saturated carbocycles. The van der Waals surface area contributed by atoms with Crippen LogP contribution in [0.5, 0.6) is 0 Å². The first-order valence-electron chi connectivity index (χ1n) is 5.37. The number of aliphatic imine (C=N–C) groups is 1. The van der Waals surface area contributed by atoms with Crippen LogP contribution in [0.4, 0.5) is 4.39 Å². The SMILES string of the molecule is Fc1ccccc1CCNC1=NCCC1. The molecule has 3 heteroatoms. The molecule has 1 aromatic carbocycles. The lowest BCUT2D eigenvalue weighted by atomic mass is 10.1. The average molecular weight is 206 g/mol. The summed E-state index contributed by atoms with van der Waals surface area (Å²) in [4.78, 5) is 4.30. The molecule has 0 spiro atoms. The molecule has 0 bridgehead atoms. The zero-order chi connectivity index (χ0) is 10.5. The predicted molar refractivity (Wildman–Crippen MR) is 59.6 cm³/mol. The summed E-state index contributed by atoms with van der Waals surface area (Å²) in [5.41, 5.74) is 0.767. The third-order valence-corrected chi connectivity index (χ3v) is 2.56. The van der Waals surface area contributed by atoms with E-state index in [1.165, 1.54) is 6.07 Å². The van der Waals surface area contributed by atoms with Crippen molar-refractivity contribution in [2.24, 2.45) is 4.99 Å². The van der Waals surface area contributed by atoms with Crippen molar-refractivity contribution in [2.45, 2.75) is 19.3 Å². The fraction of sp³-hybridized carbons (Fsp3) is 0.417. The smallest absolute Gasteiger partial charge is 0.126 e. The van der Waals surface area contributed by atoms with Crippen LogP contribution >= 0.6 is 0 Å². The molecule has 0 unspecified atom stereocenters. The topological polar surface area (TPSA) is 24.4 Å². The van der Waals surface area contributed by atoms with Gasteiger partial charge in [-0.15, -0.1) is 0 Å². The van der Waals surface area contributed by atoms with Gasteiger partial charge in [-0.1, -0.05) is 18.2 Å². The Morgan fingerprint density at radius 3 is 2.93 bits per heavy atom. The molecule has 2 rings (SSSR count). The van der Waals surface area contributed by atoms with Crippen LogP contribution in [0.3, 0.4) is 0 Å². The average Bonchev–Trinajstić information content (AvgIpc) is 2.74. The molecule has 0 fully saturated rings. The van der Waals surface area contributed by atoms with Gasteiger partial charge in [0, 0.05) is 19.5 Å². The molecule has 1 aliphatic rings. The first-order valence-corrected chi connectivity index (χ1v) is 5.37. The van der Waals surface area contributed by atoms with Gasteiger partial charge >= 0.3 is 0 Å². The first kappa shape index (κ1) is 10.1. The summed E-state index contributed by atoms with van der Waals surface area (Å²) < 4.78 is 13.2. The highest BCUT2D eigenvalue weighted by molar-refractivity contribution is 5.83. The van der Waals surface area contributed by atoms with Crippen LogP contribution < -0.4 is 5.32 Å². The summed E-state index contributed by atoms with van der Waals surface area (Å²) >= 11 is 0. The van der Waals surface area contributed by atoms with E-state index in [9.17, 15) is 4.39 Å². The fourth-order valence-electron chi connectivity index (χ4n) is 1.73. The zero-order valence-electron chi connectivity index (χ0n) is 8.67. The lowest BCUT2D eigenvalue weighted by Crippen LogP contribution is -2.24. The van der Waals surface area contributed by atoms with Gasteiger partial charge in [0.2, 0.25) is 0 Å². The van der Waals surface area contributed by atoms with Crippen LogP contribution in [0.1, 0.15) is 18.4 Å². The van der Waals surface area contributed by atoms with Gasteiger partial charge in [0.1, 0.15) is 5.82 Å². The molecule has 0 amide bonds. The molecule has 0 saturated heterocycles. The van der Waals surface area contributed by atoms with E-state index in [0.29, 0.717) is 6.42 Å². The highest BCUT2D eigenvalue weighted by atomic mass is 19.1. The second-order valence-electron chi connectivity index (χ2n) is 3.70. The number of hydrogen-bond donors (Lipinski definition) is 1. The summed E-state index contributed by atoms with van der Waals surface area (Å²) in [6.07, 6.45) is 2.89. The number of rotatable bonds is 3. The van der Waals surface area contributed by atoms with Crippen molar-refractivity contribution < 1.29 is 4.39 Å². The van der Waals surface area contributed by atoms with Gasteiger partial charge in [-0.25, -0.2) is 4.39 Å². The lowest BCUT2D eigenvalue weighted by molar-refractivity contribution is 0.607. The summed E-state index contributed by atoms with van der Waals surface area (Å²) in [5.74, 6) is 0.957. The van der Waals surface area contributed by atoms with Crippen molar-refractivity contribution in [3.8, 4) is 0 Å². The van der Waals surface area contributed by atoms with E-state index >= 15 is 0 Å². The van der Waals surface area contributed by atoms with E-state index in [2.05, 4.69) is 10.3 Å². The minimum Gasteiger partial charge on any atom is -0.374 e. The number of nitrogens with one attached hydrogen (secondary N) is 1. The molecule has 1 N–H and O–H groups in total. The third-order valence-electron chi connectivity index (χ3n) is 2.56. The Hall–Kier alpha value is -1.38. The Balaban J connectivity index is 1.80. The molecular formula is C12H15FN2. The Kier molecular flexibility index (Phi) is 3.33. The minimum absolute atomic E-state index is 0.118. The predicted octanol–water partition coefficient (Wildman–Crippen LogP) is 2.15. The maximum Gasteiger partial charge on any atom is 0.126 e. The molecule has 15 heavy (non-hydrogen) atoms. The first-order chi connectivity index (χ1) is 7.36. The molecule has 0 aliphatic carbocycles. The number of nitrogens with zero attached hydrogens (tertiary/aromatic N) is 1. The number of hydrogen-bond acceptors (Lipinski definition) is 2. The van der Waals surface area contributed by atoms with Crippen molar-refractivity contribution >= 4 is 5.84 Å². The van der Waals surface area contributed by atoms with E-state index in [1.807, 2.05) is 12.1 Å². The van der Waals surface area contributed by atoms with E-state index in [0.717, 1.165) is 37.3 Å². The van der Waals surface area contributed by atoms with Crippen LogP contribution in [0.2, 0.25) is 0 Å². The van der Waals surface area contributed by atoms with Gasteiger partial charge in [0.15, 0.2) is 0 Å². The third kappa shape index (κ3) is 2.78. The van der Waals surface area contributed by atoms with Crippen LogP contribution in [0.25, 0.3) is 0 Å². The van der Waals surface area contributed by atoms with Crippen molar-refractivity contribution in [3.63, 3.8) is 0 Å². The van der Waals surface area contributed by atoms with E-state index in [4.69, 9.17) is 0 Å². The molecule has 0 radical (unpaired) electrons. The van der Waals surface area contributed by atoms with Gasteiger partial charge in [0.25, 0.3) is 0 Å². The Morgan fingerprint density at radius 1 is 1.33 bits per heavy atom.